The Hall–Kier alpha value is -4.00. The standard InChI is InChI=1S/C26H27N5O2/c1-5-16-30-19(4)21(14-15-23(32)27-22-13-9-10-17(2)18(22)3)25(33)31-26(30)28-24(29-31)20-11-7-6-8-12-20/h5-13H,1,14-16H2,2-4H3,(H,27,32). The van der Waals surface area contributed by atoms with Gasteiger partial charge in [-0.1, -0.05) is 48.5 Å². The SMILES string of the molecule is C=CCn1c(C)c(CCC(=O)Nc2cccc(C)c2C)c(=O)n2nc(-c3ccccc3)nc12. The molecule has 0 aliphatic carbocycles. The molecule has 2 aromatic heterocycles. The van der Waals surface area contributed by atoms with Crippen LogP contribution in [0.3, 0.4) is 0 Å². The summed E-state index contributed by atoms with van der Waals surface area (Å²) in [5.41, 5.74) is 4.83. The minimum absolute atomic E-state index is 0.138. The number of aromatic nitrogens is 4. The van der Waals surface area contributed by atoms with Crippen LogP contribution < -0.4 is 10.9 Å². The zero-order chi connectivity index (χ0) is 23.5. The number of rotatable bonds is 7. The van der Waals surface area contributed by atoms with Crippen molar-refractivity contribution in [1.82, 2.24) is 19.2 Å². The van der Waals surface area contributed by atoms with Crippen molar-refractivity contribution in [2.45, 2.75) is 40.2 Å². The lowest BCUT2D eigenvalue weighted by Crippen LogP contribution is -2.27. The monoisotopic (exact) mass is 441 g/mol. The zero-order valence-corrected chi connectivity index (χ0v) is 19.1. The predicted octanol–water partition coefficient (Wildman–Crippen LogP) is 4.24. The van der Waals surface area contributed by atoms with Crippen LogP contribution in [0.2, 0.25) is 0 Å². The third-order valence-corrected chi connectivity index (χ3v) is 5.95. The Morgan fingerprint density at radius 3 is 2.58 bits per heavy atom. The Bertz CT molecular complexity index is 1400. The van der Waals surface area contributed by atoms with Gasteiger partial charge in [0.2, 0.25) is 11.7 Å². The smallest absolute Gasteiger partial charge is 0.279 e. The zero-order valence-electron chi connectivity index (χ0n) is 19.1. The number of nitrogens with one attached hydrogen (secondary N) is 1. The summed E-state index contributed by atoms with van der Waals surface area (Å²) >= 11 is 0. The molecule has 7 nitrogen and oxygen atoms in total. The highest BCUT2D eigenvalue weighted by Crippen LogP contribution is 2.20. The Balaban J connectivity index is 1.67. The van der Waals surface area contributed by atoms with Crippen molar-refractivity contribution in [3.05, 3.63) is 93.9 Å². The maximum atomic E-state index is 13.3. The summed E-state index contributed by atoms with van der Waals surface area (Å²) in [6, 6.07) is 15.3. The number of nitrogens with zero attached hydrogens (tertiary/aromatic N) is 4. The van der Waals surface area contributed by atoms with Crippen LogP contribution >= 0.6 is 0 Å². The number of aryl methyl sites for hydroxylation is 1. The third-order valence-electron chi connectivity index (χ3n) is 5.95. The van der Waals surface area contributed by atoms with Gasteiger partial charge in [0.05, 0.1) is 0 Å². The summed E-state index contributed by atoms with van der Waals surface area (Å²) in [6.07, 6.45) is 2.24. The van der Waals surface area contributed by atoms with E-state index in [4.69, 9.17) is 0 Å². The van der Waals surface area contributed by atoms with Crippen LogP contribution in [0, 0.1) is 20.8 Å². The van der Waals surface area contributed by atoms with Gasteiger partial charge in [0.1, 0.15) is 0 Å². The highest BCUT2D eigenvalue weighted by atomic mass is 16.1. The van der Waals surface area contributed by atoms with Crippen molar-refractivity contribution in [2.24, 2.45) is 0 Å². The van der Waals surface area contributed by atoms with E-state index >= 15 is 0 Å². The summed E-state index contributed by atoms with van der Waals surface area (Å²) in [5.74, 6) is 0.802. The lowest BCUT2D eigenvalue weighted by molar-refractivity contribution is -0.116. The maximum Gasteiger partial charge on any atom is 0.279 e. The lowest BCUT2D eigenvalue weighted by Gasteiger charge is -2.14. The molecule has 168 valence electrons. The van der Waals surface area contributed by atoms with E-state index in [9.17, 15) is 9.59 Å². The summed E-state index contributed by atoms with van der Waals surface area (Å²) in [6.45, 7) is 10.2. The van der Waals surface area contributed by atoms with E-state index in [-0.39, 0.29) is 17.9 Å². The first kappa shape index (κ1) is 22.2. The number of carbonyl (C=O) groups excluding carboxylic acids is 1. The van der Waals surface area contributed by atoms with Gasteiger partial charge < -0.3 is 9.88 Å². The second-order valence-corrected chi connectivity index (χ2v) is 8.08. The Morgan fingerprint density at radius 1 is 1.09 bits per heavy atom. The normalized spacial score (nSPS) is 11.0. The average Bonchev–Trinajstić information content (AvgIpc) is 3.26. The van der Waals surface area contributed by atoms with Gasteiger partial charge in [0.15, 0.2) is 5.82 Å². The average molecular weight is 442 g/mol. The van der Waals surface area contributed by atoms with Gasteiger partial charge in [-0.25, -0.2) is 0 Å². The Morgan fingerprint density at radius 2 is 1.85 bits per heavy atom. The largest absolute Gasteiger partial charge is 0.326 e. The number of hydrogen-bond acceptors (Lipinski definition) is 4. The second kappa shape index (κ2) is 9.24. The third kappa shape index (κ3) is 4.35. The molecule has 0 unspecified atom stereocenters. The van der Waals surface area contributed by atoms with Crippen molar-refractivity contribution in [2.75, 3.05) is 5.32 Å². The molecule has 1 N–H and O–H groups in total. The fraction of sp³-hybridized carbons (Fsp3) is 0.231. The van der Waals surface area contributed by atoms with Gasteiger partial charge in [-0.3, -0.25) is 9.59 Å². The van der Waals surface area contributed by atoms with Crippen LogP contribution in [0.1, 0.15) is 28.8 Å². The minimum atomic E-state index is -0.253. The number of hydrogen-bond donors (Lipinski definition) is 1. The van der Waals surface area contributed by atoms with E-state index in [1.54, 1.807) is 6.08 Å². The molecular formula is C26H27N5O2. The number of carbonyl (C=O) groups is 1. The summed E-state index contributed by atoms with van der Waals surface area (Å²) in [7, 11) is 0. The molecule has 2 heterocycles. The highest BCUT2D eigenvalue weighted by Gasteiger charge is 2.19. The second-order valence-electron chi connectivity index (χ2n) is 8.08. The van der Waals surface area contributed by atoms with Gasteiger partial charge in [-0.2, -0.15) is 9.50 Å². The number of amides is 1. The molecule has 1 amide bonds. The molecule has 0 atom stereocenters. The molecule has 0 aliphatic rings. The number of benzene rings is 2. The van der Waals surface area contributed by atoms with E-state index in [2.05, 4.69) is 22.0 Å². The van der Waals surface area contributed by atoms with Crippen LogP contribution in [-0.4, -0.2) is 25.1 Å². The first-order valence-electron chi connectivity index (χ1n) is 10.9. The van der Waals surface area contributed by atoms with Crippen LogP contribution in [0.15, 0.2) is 66.0 Å². The first-order valence-corrected chi connectivity index (χ1v) is 10.9. The number of allylic oxidation sites excluding steroid dienone is 1. The van der Waals surface area contributed by atoms with Crippen LogP contribution in [0.25, 0.3) is 17.2 Å². The minimum Gasteiger partial charge on any atom is -0.326 e. The van der Waals surface area contributed by atoms with Gasteiger partial charge >= 0.3 is 0 Å². The van der Waals surface area contributed by atoms with Crippen molar-refractivity contribution in [3.8, 4) is 11.4 Å². The molecule has 0 spiro atoms. The molecule has 4 rings (SSSR count). The first-order chi connectivity index (χ1) is 15.9. The van der Waals surface area contributed by atoms with Crippen LogP contribution in [0.5, 0.6) is 0 Å². The molecule has 4 aromatic rings. The van der Waals surface area contributed by atoms with E-state index in [0.29, 0.717) is 30.1 Å². The van der Waals surface area contributed by atoms with Crippen LogP contribution in [-0.2, 0) is 17.8 Å². The van der Waals surface area contributed by atoms with Gasteiger partial charge in [0.25, 0.3) is 5.56 Å². The van der Waals surface area contributed by atoms with E-state index in [1.807, 2.05) is 73.9 Å². The van der Waals surface area contributed by atoms with E-state index in [1.165, 1.54) is 4.52 Å². The van der Waals surface area contributed by atoms with Crippen molar-refractivity contribution in [1.29, 1.82) is 0 Å². The quantitative estimate of drug-likeness (QED) is 0.435. The van der Waals surface area contributed by atoms with Crippen molar-refractivity contribution >= 4 is 17.4 Å². The summed E-state index contributed by atoms with van der Waals surface area (Å²) in [4.78, 5) is 30.6. The molecule has 33 heavy (non-hydrogen) atoms. The van der Waals surface area contributed by atoms with Crippen molar-refractivity contribution in [3.63, 3.8) is 0 Å². The molecule has 2 aromatic carbocycles. The molecule has 0 radical (unpaired) electrons. The maximum absolute atomic E-state index is 13.3. The molecule has 0 saturated carbocycles. The number of anilines is 1. The van der Waals surface area contributed by atoms with Crippen LogP contribution in [0.4, 0.5) is 5.69 Å². The van der Waals surface area contributed by atoms with Gasteiger partial charge in [-0.05, 0) is 44.4 Å². The Kier molecular flexibility index (Phi) is 6.22. The predicted molar refractivity (Wildman–Crippen MR) is 130 cm³/mol. The lowest BCUT2D eigenvalue weighted by atomic mass is 10.1. The Labute approximate surface area is 192 Å². The fourth-order valence-electron chi connectivity index (χ4n) is 3.89. The highest BCUT2D eigenvalue weighted by molar-refractivity contribution is 5.91. The van der Waals surface area contributed by atoms with Gasteiger partial charge in [0, 0.05) is 35.5 Å². The van der Waals surface area contributed by atoms with E-state index in [0.717, 1.165) is 28.1 Å². The summed E-state index contributed by atoms with van der Waals surface area (Å²) < 4.78 is 3.24. The molecule has 0 fully saturated rings. The topological polar surface area (TPSA) is 81.3 Å². The van der Waals surface area contributed by atoms with Crippen molar-refractivity contribution < 1.29 is 4.79 Å². The number of fused-ring (bicyclic) bond motifs is 1. The molecule has 0 saturated heterocycles. The van der Waals surface area contributed by atoms with Gasteiger partial charge in [-0.15, -0.1) is 11.7 Å². The molecule has 0 aliphatic heterocycles. The summed E-state index contributed by atoms with van der Waals surface area (Å²) in [5, 5.41) is 7.44. The molecule has 0 bridgehead atoms. The molecule has 7 heteroatoms. The van der Waals surface area contributed by atoms with E-state index < -0.39 is 0 Å². The molecular weight excluding hydrogens is 414 g/mol. The fourth-order valence-corrected chi connectivity index (χ4v) is 3.89.